The van der Waals surface area contributed by atoms with Gasteiger partial charge in [0.2, 0.25) is 0 Å². The van der Waals surface area contributed by atoms with E-state index < -0.39 is 6.09 Å². The lowest BCUT2D eigenvalue weighted by Gasteiger charge is -2.13. The van der Waals surface area contributed by atoms with Crippen molar-refractivity contribution in [3.63, 3.8) is 0 Å². The van der Waals surface area contributed by atoms with Crippen LogP contribution in [0.3, 0.4) is 0 Å². The van der Waals surface area contributed by atoms with Crippen molar-refractivity contribution in [2.45, 2.75) is 12.5 Å². The van der Waals surface area contributed by atoms with E-state index in [2.05, 4.69) is 26.2 Å². The van der Waals surface area contributed by atoms with Crippen molar-refractivity contribution in [3.8, 4) is 0 Å². The molecule has 0 unspecified atom stereocenters. The lowest BCUT2D eigenvalue weighted by molar-refractivity contribution is 0.191. The van der Waals surface area contributed by atoms with E-state index in [1.807, 2.05) is 23.1 Å². The molecular formula is C12H12BrN3O3. The van der Waals surface area contributed by atoms with Crippen LogP contribution in [0.1, 0.15) is 6.42 Å². The molecule has 1 amide bonds. The molecule has 0 radical (unpaired) electrons. The molecule has 2 aromatic rings. The van der Waals surface area contributed by atoms with Crippen molar-refractivity contribution in [2.24, 2.45) is 0 Å². The van der Waals surface area contributed by atoms with Crippen molar-refractivity contribution in [1.29, 1.82) is 0 Å². The van der Waals surface area contributed by atoms with Gasteiger partial charge in [0.05, 0.1) is 6.04 Å². The van der Waals surface area contributed by atoms with Gasteiger partial charge in [0.15, 0.2) is 5.58 Å². The second kappa shape index (κ2) is 4.73. The summed E-state index contributed by atoms with van der Waals surface area (Å²) in [7, 11) is 0. The molecule has 1 fully saturated rings. The van der Waals surface area contributed by atoms with Crippen molar-refractivity contribution in [1.82, 2.24) is 10.3 Å². The van der Waals surface area contributed by atoms with Gasteiger partial charge in [0.25, 0.3) is 6.01 Å². The molecule has 0 spiro atoms. The molecule has 7 heteroatoms. The molecule has 1 saturated heterocycles. The van der Waals surface area contributed by atoms with Crippen LogP contribution in [-0.4, -0.2) is 35.3 Å². The van der Waals surface area contributed by atoms with Gasteiger partial charge in [-0.2, -0.15) is 4.98 Å². The zero-order valence-electron chi connectivity index (χ0n) is 9.97. The Morgan fingerprint density at radius 3 is 3.21 bits per heavy atom. The molecule has 100 valence electrons. The average molecular weight is 326 g/mol. The van der Waals surface area contributed by atoms with Gasteiger partial charge in [0.1, 0.15) is 5.52 Å². The van der Waals surface area contributed by atoms with E-state index in [1.165, 1.54) is 0 Å². The van der Waals surface area contributed by atoms with Crippen molar-refractivity contribution in [3.05, 3.63) is 22.7 Å². The zero-order valence-corrected chi connectivity index (χ0v) is 11.6. The van der Waals surface area contributed by atoms with E-state index in [1.54, 1.807) is 0 Å². The van der Waals surface area contributed by atoms with E-state index in [0.29, 0.717) is 12.6 Å². The monoisotopic (exact) mass is 325 g/mol. The summed E-state index contributed by atoms with van der Waals surface area (Å²) in [5.41, 5.74) is 1.52. The molecule has 19 heavy (non-hydrogen) atoms. The van der Waals surface area contributed by atoms with Gasteiger partial charge in [-0.15, -0.1) is 0 Å². The van der Waals surface area contributed by atoms with Gasteiger partial charge in [-0.25, -0.2) is 4.79 Å². The maximum atomic E-state index is 10.6. The van der Waals surface area contributed by atoms with E-state index in [9.17, 15) is 4.79 Å². The van der Waals surface area contributed by atoms with Crippen LogP contribution in [0, 0.1) is 0 Å². The third kappa shape index (κ3) is 2.51. The fourth-order valence-electron chi connectivity index (χ4n) is 2.25. The predicted molar refractivity (Wildman–Crippen MR) is 73.5 cm³/mol. The minimum atomic E-state index is -0.992. The van der Waals surface area contributed by atoms with Gasteiger partial charge >= 0.3 is 6.09 Å². The molecule has 0 bridgehead atoms. The molecule has 1 aliphatic heterocycles. The van der Waals surface area contributed by atoms with Gasteiger partial charge in [0, 0.05) is 17.6 Å². The van der Waals surface area contributed by atoms with Crippen LogP contribution in [-0.2, 0) is 0 Å². The molecule has 3 rings (SSSR count). The highest BCUT2D eigenvalue weighted by atomic mass is 79.9. The molecule has 1 aromatic carbocycles. The Bertz CT molecular complexity index is 628. The number of rotatable bonds is 2. The van der Waals surface area contributed by atoms with Gasteiger partial charge < -0.3 is 19.7 Å². The van der Waals surface area contributed by atoms with Crippen LogP contribution in [0.15, 0.2) is 27.1 Å². The highest BCUT2D eigenvalue weighted by Gasteiger charge is 2.26. The molecular weight excluding hydrogens is 314 g/mol. The summed E-state index contributed by atoms with van der Waals surface area (Å²) in [6.45, 7) is 1.32. The summed E-state index contributed by atoms with van der Waals surface area (Å²) in [5.74, 6) is 0. The number of amides is 1. The molecule has 0 saturated carbocycles. The Balaban J connectivity index is 1.79. The third-order valence-electron chi connectivity index (χ3n) is 3.12. The third-order valence-corrected chi connectivity index (χ3v) is 3.62. The standard InChI is InChI=1S/C12H12BrN3O3/c13-7-1-2-10-9(5-7)15-11(19-10)16-4-3-8(6-16)14-12(17)18/h1-2,5,8,14H,3-4,6H2,(H,17,18)/t8-/m1/s1. The van der Waals surface area contributed by atoms with Crippen LogP contribution in [0.5, 0.6) is 0 Å². The number of nitrogens with zero attached hydrogens (tertiary/aromatic N) is 2. The summed E-state index contributed by atoms with van der Waals surface area (Å²) in [5, 5.41) is 11.2. The molecule has 2 heterocycles. The summed E-state index contributed by atoms with van der Waals surface area (Å²) in [4.78, 5) is 17.0. The number of hydrogen-bond donors (Lipinski definition) is 2. The maximum Gasteiger partial charge on any atom is 0.404 e. The molecule has 1 aliphatic rings. The Hall–Kier alpha value is -1.76. The Morgan fingerprint density at radius 2 is 2.42 bits per heavy atom. The first-order valence-corrected chi connectivity index (χ1v) is 6.71. The minimum Gasteiger partial charge on any atom is -0.465 e. The molecule has 6 nitrogen and oxygen atoms in total. The Kier molecular flexibility index (Phi) is 3.06. The average Bonchev–Trinajstić information content (AvgIpc) is 2.93. The van der Waals surface area contributed by atoms with Gasteiger partial charge in [-0.1, -0.05) is 15.9 Å². The second-order valence-electron chi connectivity index (χ2n) is 4.49. The van der Waals surface area contributed by atoms with Gasteiger partial charge in [-0.3, -0.25) is 0 Å². The first-order chi connectivity index (χ1) is 9.11. The van der Waals surface area contributed by atoms with Crippen molar-refractivity contribution >= 4 is 39.1 Å². The molecule has 1 atom stereocenters. The largest absolute Gasteiger partial charge is 0.465 e. The Morgan fingerprint density at radius 1 is 1.58 bits per heavy atom. The van der Waals surface area contributed by atoms with Gasteiger partial charge in [-0.05, 0) is 24.6 Å². The second-order valence-corrected chi connectivity index (χ2v) is 5.41. The SMILES string of the molecule is O=C(O)N[C@@H]1CCN(c2nc3cc(Br)ccc3o2)C1. The number of benzene rings is 1. The fraction of sp³-hybridized carbons (Fsp3) is 0.333. The topological polar surface area (TPSA) is 78.6 Å². The minimum absolute atomic E-state index is 0.0701. The number of fused-ring (bicyclic) bond motifs is 1. The van der Waals surface area contributed by atoms with Crippen LogP contribution < -0.4 is 10.2 Å². The number of oxazole rings is 1. The highest BCUT2D eigenvalue weighted by molar-refractivity contribution is 9.10. The van der Waals surface area contributed by atoms with Crippen molar-refractivity contribution < 1.29 is 14.3 Å². The number of halogens is 1. The summed E-state index contributed by atoms with van der Waals surface area (Å²) >= 11 is 3.39. The zero-order chi connectivity index (χ0) is 13.4. The number of nitrogens with one attached hydrogen (secondary N) is 1. The lowest BCUT2D eigenvalue weighted by atomic mass is 10.3. The number of hydrogen-bond acceptors (Lipinski definition) is 4. The number of carboxylic acid groups (broad SMARTS) is 1. The van der Waals surface area contributed by atoms with E-state index >= 15 is 0 Å². The predicted octanol–water partition coefficient (Wildman–Crippen LogP) is 2.44. The van der Waals surface area contributed by atoms with E-state index in [4.69, 9.17) is 9.52 Å². The number of aromatic nitrogens is 1. The first-order valence-electron chi connectivity index (χ1n) is 5.92. The summed E-state index contributed by atoms with van der Waals surface area (Å²) in [6, 6.07) is 6.13. The van der Waals surface area contributed by atoms with Crippen LogP contribution in [0.25, 0.3) is 11.1 Å². The molecule has 0 aliphatic carbocycles. The summed E-state index contributed by atoms with van der Waals surface area (Å²) < 4.78 is 6.63. The van der Waals surface area contributed by atoms with Crippen LogP contribution >= 0.6 is 15.9 Å². The smallest absolute Gasteiger partial charge is 0.404 e. The Labute approximate surface area is 117 Å². The van der Waals surface area contributed by atoms with Crippen LogP contribution in [0.2, 0.25) is 0 Å². The molecule has 1 aromatic heterocycles. The quantitative estimate of drug-likeness (QED) is 0.886. The normalized spacial score (nSPS) is 19.0. The maximum absolute atomic E-state index is 10.6. The number of carbonyl (C=O) groups is 1. The van der Waals surface area contributed by atoms with E-state index in [0.717, 1.165) is 28.5 Å². The van der Waals surface area contributed by atoms with E-state index in [-0.39, 0.29) is 6.04 Å². The fourth-order valence-corrected chi connectivity index (χ4v) is 2.60. The highest BCUT2D eigenvalue weighted by Crippen LogP contribution is 2.26. The first kappa shape index (κ1) is 12.3. The molecule has 2 N–H and O–H groups in total. The van der Waals surface area contributed by atoms with Crippen molar-refractivity contribution in [2.75, 3.05) is 18.0 Å². The van der Waals surface area contributed by atoms with Crippen LogP contribution in [0.4, 0.5) is 10.8 Å². The lowest BCUT2D eigenvalue weighted by Crippen LogP contribution is -2.36. The summed E-state index contributed by atoms with van der Waals surface area (Å²) in [6.07, 6.45) is -0.234. The number of anilines is 1.